The average molecular weight is 280 g/mol. The maximum absolute atomic E-state index is 12.1. The fourth-order valence-electron chi connectivity index (χ4n) is 3.59. The predicted octanol–water partition coefficient (Wildman–Crippen LogP) is 2.48. The molecule has 0 aliphatic heterocycles. The molecule has 5 atom stereocenters. The summed E-state index contributed by atoms with van der Waals surface area (Å²) >= 11 is 5.81. The first-order valence-electron chi connectivity index (χ1n) is 6.81. The zero-order valence-electron chi connectivity index (χ0n) is 10.8. The van der Waals surface area contributed by atoms with Gasteiger partial charge in [0.2, 0.25) is 0 Å². The molecule has 4 heteroatoms. The number of carbonyl (C=O) groups excluding carboxylic acids is 1. The van der Waals surface area contributed by atoms with E-state index in [0.717, 1.165) is 12.8 Å². The molecule has 3 unspecified atom stereocenters. The van der Waals surface area contributed by atoms with Crippen molar-refractivity contribution in [3.8, 4) is 0 Å². The predicted molar refractivity (Wildman–Crippen MR) is 74.1 cm³/mol. The van der Waals surface area contributed by atoms with Crippen LogP contribution in [0.5, 0.6) is 0 Å². The molecule has 2 aliphatic carbocycles. The number of benzene rings is 1. The zero-order valence-corrected chi connectivity index (χ0v) is 11.6. The van der Waals surface area contributed by atoms with E-state index in [4.69, 9.17) is 11.6 Å². The second-order valence-electron chi connectivity index (χ2n) is 5.80. The summed E-state index contributed by atoms with van der Waals surface area (Å²) in [5.74, 6) is 1.71. The number of rotatable bonds is 3. The van der Waals surface area contributed by atoms with Crippen LogP contribution in [0.4, 0.5) is 0 Å². The molecule has 3 rings (SSSR count). The standard InChI is InChI=1S/C15H18ClNO2/c1-8(14-12-6-11(18)7-13(12)14)17-15(19)9-2-4-10(16)5-3-9/h2-5,8,11-14,18H,6-7H2,1H3,(H,17,19)/t8?,11?,12-,13+,14?. The van der Waals surface area contributed by atoms with Crippen molar-refractivity contribution >= 4 is 17.5 Å². The summed E-state index contributed by atoms with van der Waals surface area (Å²) in [6.07, 6.45) is 1.68. The van der Waals surface area contributed by atoms with Gasteiger partial charge < -0.3 is 10.4 Å². The highest BCUT2D eigenvalue weighted by Crippen LogP contribution is 2.58. The lowest BCUT2D eigenvalue weighted by Crippen LogP contribution is -2.35. The molecule has 2 N–H and O–H groups in total. The molecule has 1 aromatic carbocycles. The summed E-state index contributed by atoms with van der Waals surface area (Å²) in [5.41, 5.74) is 0.641. The Bertz CT molecular complexity index is 475. The van der Waals surface area contributed by atoms with E-state index in [1.165, 1.54) is 0 Å². The van der Waals surface area contributed by atoms with Crippen LogP contribution >= 0.6 is 11.6 Å². The number of fused-ring (bicyclic) bond motifs is 1. The Morgan fingerprint density at radius 2 is 1.89 bits per heavy atom. The van der Waals surface area contributed by atoms with Gasteiger partial charge >= 0.3 is 0 Å². The minimum atomic E-state index is -0.120. The quantitative estimate of drug-likeness (QED) is 0.893. The molecule has 3 nitrogen and oxygen atoms in total. The lowest BCUT2D eigenvalue weighted by Gasteiger charge is -2.17. The fraction of sp³-hybridized carbons (Fsp3) is 0.533. The van der Waals surface area contributed by atoms with Crippen molar-refractivity contribution in [3.63, 3.8) is 0 Å². The monoisotopic (exact) mass is 279 g/mol. The normalized spacial score (nSPS) is 33.6. The highest BCUT2D eigenvalue weighted by Gasteiger charge is 2.57. The second-order valence-corrected chi connectivity index (χ2v) is 6.24. The van der Waals surface area contributed by atoms with Crippen molar-refractivity contribution < 1.29 is 9.90 Å². The van der Waals surface area contributed by atoms with Gasteiger partial charge in [0.15, 0.2) is 0 Å². The first-order chi connectivity index (χ1) is 9.06. The smallest absolute Gasteiger partial charge is 0.251 e. The third kappa shape index (κ3) is 2.49. The Kier molecular flexibility index (Phi) is 3.27. The van der Waals surface area contributed by atoms with E-state index < -0.39 is 0 Å². The van der Waals surface area contributed by atoms with Gasteiger partial charge in [0, 0.05) is 16.6 Å². The molecule has 2 aliphatic rings. The van der Waals surface area contributed by atoms with Crippen molar-refractivity contribution in [2.45, 2.75) is 31.9 Å². The number of hydrogen-bond donors (Lipinski definition) is 2. The fourth-order valence-corrected chi connectivity index (χ4v) is 3.72. The summed E-state index contributed by atoms with van der Waals surface area (Å²) in [6, 6.07) is 7.10. The number of amides is 1. The number of nitrogens with one attached hydrogen (secondary N) is 1. The van der Waals surface area contributed by atoms with Gasteiger partial charge in [-0.05, 0) is 61.8 Å². The van der Waals surface area contributed by atoms with E-state index in [1.54, 1.807) is 24.3 Å². The SMILES string of the molecule is CC(NC(=O)c1ccc(Cl)cc1)C1[C@H]2CC(O)C[C@@H]12. The topological polar surface area (TPSA) is 49.3 Å². The van der Waals surface area contributed by atoms with Crippen molar-refractivity contribution in [2.24, 2.45) is 17.8 Å². The van der Waals surface area contributed by atoms with Gasteiger partial charge in [0.05, 0.1) is 6.10 Å². The Morgan fingerprint density at radius 3 is 2.47 bits per heavy atom. The average Bonchev–Trinajstić information content (AvgIpc) is 2.88. The van der Waals surface area contributed by atoms with Crippen LogP contribution in [0.25, 0.3) is 0 Å². The lowest BCUT2D eigenvalue weighted by molar-refractivity contribution is 0.0929. The maximum atomic E-state index is 12.1. The third-order valence-corrected chi connectivity index (χ3v) is 4.78. The minimum absolute atomic E-state index is 0.0466. The summed E-state index contributed by atoms with van der Waals surface area (Å²) in [5, 5.41) is 13.2. The van der Waals surface area contributed by atoms with Crippen LogP contribution in [0.15, 0.2) is 24.3 Å². The molecule has 2 fully saturated rings. The van der Waals surface area contributed by atoms with Gasteiger partial charge in [-0.3, -0.25) is 4.79 Å². The highest BCUT2D eigenvalue weighted by atomic mass is 35.5. The van der Waals surface area contributed by atoms with Crippen LogP contribution in [0.3, 0.4) is 0 Å². The number of aliphatic hydroxyl groups excluding tert-OH is 1. The van der Waals surface area contributed by atoms with Gasteiger partial charge in [0.25, 0.3) is 5.91 Å². The number of halogens is 1. The Balaban J connectivity index is 1.57. The molecule has 102 valence electrons. The first kappa shape index (κ1) is 12.9. The molecule has 0 saturated heterocycles. The van der Waals surface area contributed by atoms with E-state index in [0.29, 0.717) is 28.3 Å². The van der Waals surface area contributed by atoms with Crippen LogP contribution in [0.1, 0.15) is 30.1 Å². The molecular formula is C15H18ClNO2. The molecular weight excluding hydrogens is 262 g/mol. The van der Waals surface area contributed by atoms with E-state index in [-0.39, 0.29) is 18.1 Å². The second kappa shape index (κ2) is 4.80. The molecule has 2 saturated carbocycles. The number of aliphatic hydroxyl groups is 1. The summed E-state index contributed by atoms with van der Waals surface area (Å²) in [6.45, 7) is 2.06. The third-order valence-electron chi connectivity index (χ3n) is 4.53. The molecule has 1 amide bonds. The number of hydrogen-bond acceptors (Lipinski definition) is 2. The van der Waals surface area contributed by atoms with Gasteiger partial charge in [-0.2, -0.15) is 0 Å². The van der Waals surface area contributed by atoms with Crippen LogP contribution in [0.2, 0.25) is 5.02 Å². The lowest BCUT2D eigenvalue weighted by atomic mass is 10.0. The Labute approximate surface area is 118 Å². The van der Waals surface area contributed by atoms with Crippen molar-refractivity contribution in [1.29, 1.82) is 0 Å². The van der Waals surface area contributed by atoms with E-state index in [2.05, 4.69) is 12.2 Å². The largest absolute Gasteiger partial charge is 0.393 e. The Morgan fingerprint density at radius 1 is 1.32 bits per heavy atom. The van der Waals surface area contributed by atoms with Gasteiger partial charge in [-0.15, -0.1) is 0 Å². The molecule has 0 radical (unpaired) electrons. The van der Waals surface area contributed by atoms with Crippen molar-refractivity contribution in [2.75, 3.05) is 0 Å². The first-order valence-corrected chi connectivity index (χ1v) is 7.18. The van der Waals surface area contributed by atoms with E-state index in [9.17, 15) is 9.90 Å². The van der Waals surface area contributed by atoms with E-state index >= 15 is 0 Å². The van der Waals surface area contributed by atoms with Crippen molar-refractivity contribution in [3.05, 3.63) is 34.9 Å². The summed E-state index contributed by atoms with van der Waals surface area (Å²) < 4.78 is 0. The molecule has 0 bridgehead atoms. The van der Waals surface area contributed by atoms with Gasteiger partial charge in [-0.25, -0.2) is 0 Å². The summed E-state index contributed by atoms with van der Waals surface area (Å²) in [4.78, 5) is 12.1. The van der Waals surface area contributed by atoms with Crippen LogP contribution in [0, 0.1) is 17.8 Å². The van der Waals surface area contributed by atoms with E-state index in [1.807, 2.05) is 0 Å². The molecule has 1 aromatic rings. The summed E-state index contributed by atoms with van der Waals surface area (Å²) in [7, 11) is 0. The molecule has 19 heavy (non-hydrogen) atoms. The maximum Gasteiger partial charge on any atom is 0.251 e. The zero-order chi connectivity index (χ0) is 13.6. The molecule has 0 heterocycles. The van der Waals surface area contributed by atoms with Gasteiger partial charge in [0.1, 0.15) is 0 Å². The number of carbonyl (C=O) groups is 1. The van der Waals surface area contributed by atoms with Crippen LogP contribution < -0.4 is 5.32 Å². The van der Waals surface area contributed by atoms with Crippen molar-refractivity contribution in [1.82, 2.24) is 5.32 Å². The Hall–Kier alpha value is -1.06. The van der Waals surface area contributed by atoms with Crippen LogP contribution in [-0.2, 0) is 0 Å². The van der Waals surface area contributed by atoms with Gasteiger partial charge in [-0.1, -0.05) is 11.6 Å². The molecule has 0 spiro atoms. The highest BCUT2D eigenvalue weighted by molar-refractivity contribution is 6.30. The minimum Gasteiger partial charge on any atom is -0.393 e. The molecule has 0 aromatic heterocycles. The van der Waals surface area contributed by atoms with Crippen LogP contribution in [-0.4, -0.2) is 23.2 Å².